The highest BCUT2D eigenvalue weighted by atomic mass is 35.5. The Bertz CT molecular complexity index is 1120. The lowest BCUT2D eigenvalue weighted by atomic mass is 10.0. The summed E-state index contributed by atoms with van der Waals surface area (Å²) in [6.45, 7) is 3.31. The highest BCUT2D eigenvalue weighted by Crippen LogP contribution is 2.28. The van der Waals surface area contributed by atoms with Crippen LogP contribution in [0.5, 0.6) is 0 Å². The van der Waals surface area contributed by atoms with E-state index in [1.54, 1.807) is 0 Å². The maximum absolute atomic E-state index is 12.1. The molecular formula is C20H17ClN2O6. The van der Waals surface area contributed by atoms with Crippen LogP contribution >= 0.6 is 11.6 Å². The first-order valence-electron chi connectivity index (χ1n) is 8.62. The molecule has 0 spiro atoms. The number of hydrogen-bond acceptors (Lipinski definition) is 6. The summed E-state index contributed by atoms with van der Waals surface area (Å²) in [6, 6.07) is 7.58. The van der Waals surface area contributed by atoms with Crippen LogP contribution < -0.4 is 5.32 Å². The van der Waals surface area contributed by atoms with Crippen molar-refractivity contribution in [3.05, 3.63) is 68.4 Å². The van der Waals surface area contributed by atoms with E-state index in [0.29, 0.717) is 11.1 Å². The van der Waals surface area contributed by atoms with Crippen molar-refractivity contribution in [1.82, 2.24) is 0 Å². The van der Waals surface area contributed by atoms with Crippen molar-refractivity contribution in [3.63, 3.8) is 0 Å². The molecule has 0 aliphatic rings. The zero-order valence-corrected chi connectivity index (χ0v) is 16.4. The minimum absolute atomic E-state index is 0.0694. The average Bonchev–Trinajstić information content (AvgIpc) is 3.06. The molecule has 0 radical (unpaired) electrons. The highest BCUT2D eigenvalue weighted by molar-refractivity contribution is 6.31. The molecule has 0 unspecified atom stereocenters. The van der Waals surface area contributed by atoms with Crippen LogP contribution in [0.4, 0.5) is 11.4 Å². The third-order valence-electron chi connectivity index (χ3n) is 4.47. The highest BCUT2D eigenvalue weighted by Gasteiger charge is 2.18. The van der Waals surface area contributed by atoms with Crippen molar-refractivity contribution in [2.24, 2.45) is 0 Å². The van der Waals surface area contributed by atoms with E-state index in [0.717, 1.165) is 16.5 Å². The lowest BCUT2D eigenvalue weighted by Crippen LogP contribution is -2.22. The number of benzene rings is 2. The number of nitro benzene ring substituents is 1. The summed E-state index contributed by atoms with van der Waals surface area (Å²) in [4.78, 5) is 34.5. The number of hydrogen-bond donors (Lipinski definition) is 1. The Hall–Kier alpha value is -3.39. The first-order chi connectivity index (χ1) is 13.8. The van der Waals surface area contributed by atoms with Crippen LogP contribution in [0.2, 0.25) is 5.02 Å². The maximum Gasteiger partial charge on any atom is 0.310 e. The molecule has 1 N–H and O–H groups in total. The van der Waals surface area contributed by atoms with Gasteiger partial charge in [0.2, 0.25) is 0 Å². The molecule has 3 aromatic rings. The number of nitrogens with zero attached hydrogens (tertiary/aromatic N) is 1. The number of anilines is 1. The lowest BCUT2D eigenvalue weighted by Gasteiger charge is -2.07. The Kier molecular flexibility index (Phi) is 5.84. The average molecular weight is 417 g/mol. The summed E-state index contributed by atoms with van der Waals surface area (Å²) in [5.41, 5.74) is 3.04. The monoisotopic (exact) mass is 416 g/mol. The predicted octanol–water partition coefficient (Wildman–Crippen LogP) is 4.34. The summed E-state index contributed by atoms with van der Waals surface area (Å²) in [6.07, 6.45) is 1.42. The number of carbonyl (C=O) groups excluding carboxylic acids is 2. The van der Waals surface area contributed by atoms with E-state index in [-0.39, 0.29) is 22.8 Å². The Morgan fingerprint density at radius 1 is 1.24 bits per heavy atom. The zero-order chi connectivity index (χ0) is 21.1. The number of nitro groups is 1. The van der Waals surface area contributed by atoms with Gasteiger partial charge in [-0.05, 0) is 37.1 Å². The fourth-order valence-corrected chi connectivity index (χ4v) is 3.00. The van der Waals surface area contributed by atoms with E-state index in [1.807, 2.05) is 26.0 Å². The van der Waals surface area contributed by atoms with Gasteiger partial charge in [-0.3, -0.25) is 19.7 Å². The molecule has 8 nitrogen and oxygen atoms in total. The second-order valence-electron chi connectivity index (χ2n) is 6.45. The van der Waals surface area contributed by atoms with E-state index in [1.165, 1.54) is 24.5 Å². The van der Waals surface area contributed by atoms with Gasteiger partial charge in [-0.25, -0.2) is 0 Å². The van der Waals surface area contributed by atoms with Crippen molar-refractivity contribution in [2.75, 3.05) is 11.9 Å². The second kappa shape index (κ2) is 8.32. The smallest absolute Gasteiger partial charge is 0.310 e. The molecule has 0 saturated carbocycles. The van der Waals surface area contributed by atoms with Crippen LogP contribution in [0.1, 0.15) is 16.7 Å². The summed E-state index contributed by atoms with van der Waals surface area (Å²) in [5.74, 6) is -1.34. The van der Waals surface area contributed by atoms with Crippen molar-refractivity contribution >= 4 is 45.8 Å². The fourth-order valence-electron chi connectivity index (χ4n) is 2.83. The Balaban J connectivity index is 1.62. The predicted molar refractivity (Wildman–Crippen MR) is 107 cm³/mol. The minimum atomic E-state index is -0.716. The molecule has 0 aliphatic carbocycles. The van der Waals surface area contributed by atoms with Crippen LogP contribution in [-0.2, 0) is 20.7 Å². The molecule has 1 amide bonds. The number of esters is 1. The lowest BCUT2D eigenvalue weighted by molar-refractivity contribution is -0.383. The Morgan fingerprint density at radius 3 is 2.72 bits per heavy atom. The van der Waals surface area contributed by atoms with Gasteiger partial charge in [-0.15, -0.1) is 0 Å². The molecule has 0 saturated heterocycles. The Labute approximate surface area is 170 Å². The Morgan fingerprint density at radius 2 is 2.00 bits per heavy atom. The number of halogens is 1. The molecule has 9 heteroatoms. The van der Waals surface area contributed by atoms with Crippen LogP contribution in [0.25, 0.3) is 11.0 Å². The summed E-state index contributed by atoms with van der Waals surface area (Å²) < 4.78 is 10.5. The standard InChI is InChI=1S/C20H17ClN2O6/c1-11-3-5-15-13(9-29-20(15)12(11)2)7-19(25)28-10-18(24)22-16-8-14(21)4-6-17(16)23(26)27/h3-6,8-9H,7,10H2,1-2H3,(H,22,24). The quantitative estimate of drug-likeness (QED) is 0.363. The molecular weight excluding hydrogens is 400 g/mol. The number of rotatable bonds is 6. The number of nitrogens with one attached hydrogen (secondary N) is 1. The van der Waals surface area contributed by atoms with Gasteiger partial charge in [0.05, 0.1) is 17.6 Å². The second-order valence-corrected chi connectivity index (χ2v) is 6.89. The van der Waals surface area contributed by atoms with E-state index in [9.17, 15) is 19.7 Å². The van der Waals surface area contributed by atoms with E-state index in [2.05, 4.69) is 5.32 Å². The van der Waals surface area contributed by atoms with E-state index in [4.69, 9.17) is 20.8 Å². The van der Waals surface area contributed by atoms with Gasteiger partial charge >= 0.3 is 5.97 Å². The molecule has 150 valence electrons. The van der Waals surface area contributed by atoms with Gasteiger partial charge in [0, 0.05) is 22.0 Å². The molecule has 0 fully saturated rings. The largest absolute Gasteiger partial charge is 0.464 e. The third-order valence-corrected chi connectivity index (χ3v) is 4.71. The molecule has 2 aromatic carbocycles. The number of amides is 1. The van der Waals surface area contributed by atoms with Gasteiger partial charge in [-0.2, -0.15) is 0 Å². The summed E-state index contributed by atoms with van der Waals surface area (Å²) in [7, 11) is 0. The molecule has 1 heterocycles. The van der Waals surface area contributed by atoms with Crippen molar-refractivity contribution in [2.45, 2.75) is 20.3 Å². The molecule has 3 rings (SSSR count). The van der Waals surface area contributed by atoms with E-state index < -0.39 is 23.4 Å². The first kappa shape index (κ1) is 20.3. The molecule has 1 aromatic heterocycles. The van der Waals surface area contributed by atoms with Gasteiger partial charge in [-0.1, -0.05) is 23.7 Å². The van der Waals surface area contributed by atoms with E-state index >= 15 is 0 Å². The number of furan rings is 1. The summed E-state index contributed by atoms with van der Waals surface area (Å²) in [5, 5.41) is 14.4. The van der Waals surface area contributed by atoms with Crippen molar-refractivity contribution in [1.29, 1.82) is 0 Å². The third kappa shape index (κ3) is 4.55. The molecule has 29 heavy (non-hydrogen) atoms. The van der Waals surface area contributed by atoms with Gasteiger partial charge < -0.3 is 14.5 Å². The summed E-state index contributed by atoms with van der Waals surface area (Å²) >= 11 is 5.81. The first-order valence-corrected chi connectivity index (χ1v) is 8.99. The normalized spacial score (nSPS) is 10.7. The number of carbonyl (C=O) groups is 2. The molecule has 0 aliphatic heterocycles. The van der Waals surface area contributed by atoms with Crippen LogP contribution in [0.3, 0.4) is 0 Å². The molecule has 0 bridgehead atoms. The van der Waals surface area contributed by atoms with Crippen molar-refractivity contribution in [3.8, 4) is 0 Å². The fraction of sp³-hybridized carbons (Fsp3) is 0.200. The van der Waals surface area contributed by atoms with Gasteiger partial charge in [0.1, 0.15) is 11.3 Å². The topological polar surface area (TPSA) is 112 Å². The number of aryl methyl sites for hydroxylation is 2. The van der Waals surface area contributed by atoms with Gasteiger partial charge in [0.25, 0.3) is 11.6 Å². The molecule has 0 atom stereocenters. The maximum atomic E-state index is 12.1. The van der Waals surface area contributed by atoms with Crippen LogP contribution in [0.15, 0.2) is 41.0 Å². The number of ether oxygens (including phenoxy) is 1. The zero-order valence-electron chi connectivity index (χ0n) is 15.7. The van der Waals surface area contributed by atoms with Gasteiger partial charge in [0.15, 0.2) is 6.61 Å². The SMILES string of the molecule is Cc1ccc2c(CC(=O)OCC(=O)Nc3cc(Cl)ccc3[N+](=O)[O-])coc2c1C. The minimum Gasteiger partial charge on any atom is -0.464 e. The van der Waals surface area contributed by atoms with Crippen LogP contribution in [-0.4, -0.2) is 23.4 Å². The van der Waals surface area contributed by atoms with Crippen molar-refractivity contribution < 1.29 is 23.7 Å². The van der Waals surface area contributed by atoms with Crippen LogP contribution in [0, 0.1) is 24.0 Å². The number of fused-ring (bicyclic) bond motifs is 1.